The Morgan fingerprint density at radius 2 is 2.03 bits per heavy atom. The summed E-state index contributed by atoms with van der Waals surface area (Å²) in [4.78, 5) is 23.4. The first-order chi connectivity index (χ1) is 14.4. The average molecular weight is 416 g/mol. The molecule has 0 radical (unpaired) electrons. The molecule has 0 amide bonds. The minimum atomic E-state index is -0.962. The number of hydrogen-bond acceptors (Lipinski definition) is 10. The molecule has 1 atom stereocenters. The second kappa shape index (κ2) is 9.18. The van der Waals surface area contributed by atoms with Crippen LogP contribution in [0.15, 0.2) is 52.2 Å². The molecule has 1 aliphatic heterocycles. The normalized spacial score (nSPS) is 16.3. The van der Waals surface area contributed by atoms with Crippen molar-refractivity contribution in [1.29, 1.82) is 0 Å². The Kier molecular flexibility index (Phi) is 6.42. The van der Waals surface area contributed by atoms with Crippen LogP contribution in [0.5, 0.6) is 0 Å². The Morgan fingerprint density at radius 3 is 2.70 bits per heavy atom. The first-order valence-electron chi connectivity index (χ1n) is 8.96. The van der Waals surface area contributed by atoms with Gasteiger partial charge in [0.2, 0.25) is 12.3 Å². The van der Waals surface area contributed by atoms with Crippen LogP contribution in [0.2, 0.25) is 0 Å². The van der Waals surface area contributed by atoms with Crippen molar-refractivity contribution in [2.24, 2.45) is 0 Å². The number of methoxy groups -OCH3 is 1. The van der Waals surface area contributed by atoms with E-state index >= 15 is 0 Å². The van der Waals surface area contributed by atoms with Gasteiger partial charge >= 0.3 is 6.16 Å². The Balaban J connectivity index is 2.09. The van der Waals surface area contributed by atoms with E-state index in [9.17, 15) is 14.9 Å². The zero-order valence-corrected chi connectivity index (χ0v) is 16.6. The number of nitrogens with zero attached hydrogens (tertiary/aromatic N) is 3. The Bertz CT molecular complexity index is 998. The van der Waals surface area contributed by atoms with Crippen molar-refractivity contribution in [3.63, 3.8) is 0 Å². The highest BCUT2D eigenvalue weighted by atomic mass is 16.7. The predicted octanol–water partition coefficient (Wildman–Crippen LogP) is 3.13. The highest BCUT2D eigenvalue weighted by Gasteiger charge is 2.38. The summed E-state index contributed by atoms with van der Waals surface area (Å²) in [6.07, 6.45) is 0.188. The smallest absolute Gasteiger partial charge is 0.432 e. The molecule has 0 saturated carbocycles. The highest BCUT2D eigenvalue weighted by Crippen LogP contribution is 2.45. The van der Waals surface area contributed by atoms with E-state index in [-0.39, 0.29) is 30.6 Å². The van der Waals surface area contributed by atoms with Crippen LogP contribution in [0.1, 0.15) is 31.2 Å². The van der Waals surface area contributed by atoms with Gasteiger partial charge in [0.1, 0.15) is 12.4 Å². The van der Waals surface area contributed by atoms with Crippen molar-refractivity contribution in [3.05, 3.63) is 69.4 Å². The van der Waals surface area contributed by atoms with E-state index in [1.165, 1.54) is 13.2 Å². The first kappa shape index (κ1) is 21.0. The van der Waals surface area contributed by atoms with Gasteiger partial charge in [-0.3, -0.25) is 10.1 Å². The second-order valence-corrected chi connectivity index (χ2v) is 6.34. The van der Waals surface area contributed by atoms with Gasteiger partial charge in [-0.25, -0.2) is 4.79 Å². The molecule has 1 aromatic heterocycles. The van der Waals surface area contributed by atoms with E-state index in [1.54, 1.807) is 32.0 Å². The minimum Gasteiger partial charge on any atom is -0.432 e. The van der Waals surface area contributed by atoms with Gasteiger partial charge in [0.05, 0.1) is 28.7 Å². The van der Waals surface area contributed by atoms with E-state index in [1.807, 2.05) is 0 Å². The van der Waals surface area contributed by atoms with Crippen LogP contribution in [0.25, 0.3) is 5.57 Å². The molecule has 0 saturated heterocycles. The first-order valence-corrected chi connectivity index (χ1v) is 8.96. The summed E-state index contributed by atoms with van der Waals surface area (Å²) in [5.41, 5.74) is 1.72. The molecule has 0 aliphatic carbocycles. The lowest BCUT2D eigenvalue weighted by Gasteiger charge is -2.29. The number of hydrogen-bond donors (Lipinski definition) is 1. The summed E-state index contributed by atoms with van der Waals surface area (Å²) in [5, 5.41) is 22.4. The van der Waals surface area contributed by atoms with E-state index in [4.69, 9.17) is 18.6 Å². The van der Waals surface area contributed by atoms with Gasteiger partial charge < -0.3 is 23.9 Å². The number of para-hydroxylation sites is 1. The fourth-order valence-corrected chi connectivity index (χ4v) is 3.21. The molecule has 2 heterocycles. The van der Waals surface area contributed by atoms with Crippen LogP contribution in [0.3, 0.4) is 0 Å². The van der Waals surface area contributed by atoms with E-state index in [0.717, 1.165) is 6.39 Å². The lowest BCUT2D eigenvalue weighted by Crippen LogP contribution is -2.27. The third-order valence-corrected chi connectivity index (χ3v) is 4.44. The summed E-state index contributed by atoms with van der Waals surface area (Å²) in [6, 6.07) is 6.18. The quantitative estimate of drug-likeness (QED) is 0.310. The lowest BCUT2D eigenvalue weighted by atomic mass is 9.84. The molecule has 11 heteroatoms. The third-order valence-electron chi connectivity index (χ3n) is 4.44. The lowest BCUT2D eigenvalue weighted by molar-refractivity contribution is -0.385. The van der Waals surface area contributed by atoms with Crippen molar-refractivity contribution in [3.8, 4) is 0 Å². The van der Waals surface area contributed by atoms with Crippen LogP contribution < -0.4 is 5.32 Å². The summed E-state index contributed by atoms with van der Waals surface area (Å²) in [5.74, 6) is -0.585. The SMILES string of the molecule is COCCOC(=O)OC1=C(C)NC(C)=C(c2nnco2)C1c1ccccc1[N+](=O)[O-]. The molecular weight excluding hydrogens is 396 g/mol. The number of nitro benzene ring substituents is 1. The molecule has 2 aromatic rings. The number of dihydropyridines is 1. The number of benzene rings is 1. The maximum absolute atomic E-state index is 12.2. The van der Waals surface area contributed by atoms with Crippen LogP contribution in [-0.2, 0) is 14.2 Å². The molecule has 30 heavy (non-hydrogen) atoms. The topological polar surface area (TPSA) is 139 Å². The van der Waals surface area contributed by atoms with Crippen LogP contribution in [0.4, 0.5) is 10.5 Å². The highest BCUT2D eigenvalue weighted by molar-refractivity contribution is 5.77. The molecule has 158 valence electrons. The Hall–Kier alpha value is -3.73. The van der Waals surface area contributed by atoms with Gasteiger partial charge in [0.25, 0.3) is 5.69 Å². The largest absolute Gasteiger partial charge is 0.513 e. The zero-order chi connectivity index (χ0) is 21.7. The maximum atomic E-state index is 12.2. The summed E-state index contributed by atoms with van der Waals surface area (Å²) < 4.78 is 20.7. The number of rotatable bonds is 7. The summed E-state index contributed by atoms with van der Waals surface area (Å²) >= 11 is 0. The van der Waals surface area contributed by atoms with Crippen molar-refractivity contribution >= 4 is 17.4 Å². The third kappa shape index (κ3) is 4.30. The molecule has 0 bridgehead atoms. The van der Waals surface area contributed by atoms with Crippen molar-refractivity contribution in [2.45, 2.75) is 19.8 Å². The van der Waals surface area contributed by atoms with Gasteiger partial charge in [-0.05, 0) is 13.8 Å². The number of allylic oxidation sites excluding steroid dienone is 3. The fourth-order valence-electron chi connectivity index (χ4n) is 3.21. The summed E-state index contributed by atoms with van der Waals surface area (Å²) in [6.45, 7) is 3.65. The standard InChI is InChI=1S/C19H20N4O7/c1-11-15(18-22-20-10-29-18)16(13-6-4-5-7-14(13)23(25)26)17(12(2)21-11)30-19(24)28-9-8-27-3/h4-7,10,16,21H,8-9H2,1-3H3. The molecular formula is C19H20N4O7. The van der Waals surface area contributed by atoms with Gasteiger partial charge in [-0.15, -0.1) is 10.2 Å². The molecule has 0 spiro atoms. The number of nitro groups is 1. The van der Waals surface area contributed by atoms with E-state index in [0.29, 0.717) is 22.5 Å². The van der Waals surface area contributed by atoms with Crippen molar-refractivity contribution < 1.29 is 28.3 Å². The van der Waals surface area contributed by atoms with E-state index < -0.39 is 17.0 Å². The van der Waals surface area contributed by atoms with Crippen molar-refractivity contribution in [2.75, 3.05) is 20.3 Å². The van der Waals surface area contributed by atoms with Crippen molar-refractivity contribution in [1.82, 2.24) is 15.5 Å². The van der Waals surface area contributed by atoms with Gasteiger partial charge in [0, 0.05) is 24.4 Å². The molecule has 0 fully saturated rings. The number of aromatic nitrogens is 2. The minimum absolute atomic E-state index is 0.00335. The van der Waals surface area contributed by atoms with Crippen LogP contribution in [0, 0.1) is 10.1 Å². The molecule has 1 aliphatic rings. The number of ether oxygens (including phenoxy) is 3. The predicted molar refractivity (Wildman–Crippen MR) is 103 cm³/mol. The zero-order valence-electron chi connectivity index (χ0n) is 16.6. The van der Waals surface area contributed by atoms with Crippen LogP contribution >= 0.6 is 0 Å². The Labute approximate surface area is 171 Å². The van der Waals surface area contributed by atoms with Gasteiger partial charge in [-0.1, -0.05) is 18.2 Å². The monoisotopic (exact) mass is 416 g/mol. The molecule has 1 N–H and O–H groups in total. The number of carbonyl (C=O) groups excluding carboxylic acids is 1. The summed E-state index contributed by atoms with van der Waals surface area (Å²) in [7, 11) is 1.47. The fraction of sp³-hybridized carbons (Fsp3) is 0.316. The average Bonchev–Trinajstić information content (AvgIpc) is 3.24. The van der Waals surface area contributed by atoms with Gasteiger partial charge in [-0.2, -0.15) is 0 Å². The van der Waals surface area contributed by atoms with Crippen LogP contribution in [-0.4, -0.2) is 41.6 Å². The second-order valence-electron chi connectivity index (χ2n) is 6.34. The molecule has 1 unspecified atom stereocenters. The molecule has 11 nitrogen and oxygen atoms in total. The maximum Gasteiger partial charge on any atom is 0.513 e. The van der Waals surface area contributed by atoms with E-state index in [2.05, 4.69) is 15.5 Å². The molecule has 3 rings (SSSR count). The number of nitrogens with one attached hydrogen (secondary N) is 1. The van der Waals surface area contributed by atoms with Gasteiger partial charge in [0.15, 0.2) is 0 Å². The molecule has 1 aromatic carbocycles. The number of carbonyl (C=O) groups is 1. The Morgan fingerprint density at radius 1 is 1.27 bits per heavy atom.